The van der Waals surface area contributed by atoms with Crippen LogP contribution in [0.2, 0.25) is 0 Å². The van der Waals surface area contributed by atoms with Gasteiger partial charge in [0.15, 0.2) is 0 Å². The standard InChI is InChI=1S/C28H32N2O2/c1-20(2)18-22-14-16-24(17-15-22)21(3)27(31)29-26-13-9-8-12-25(26)28(32)30(4)19-23-10-6-5-7-11-23/h5-17,20-21H,18-19H2,1-4H3,(H,29,31). The zero-order valence-corrected chi connectivity index (χ0v) is 19.3. The lowest BCUT2D eigenvalue weighted by molar-refractivity contribution is -0.117. The zero-order valence-electron chi connectivity index (χ0n) is 19.3. The molecule has 166 valence electrons. The fourth-order valence-corrected chi connectivity index (χ4v) is 3.72. The lowest BCUT2D eigenvalue weighted by Gasteiger charge is -2.20. The molecule has 1 unspecified atom stereocenters. The topological polar surface area (TPSA) is 49.4 Å². The first-order valence-corrected chi connectivity index (χ1v) is 11.1. The minimum Gasteiger partial charge on any atom is -0.337 e. The summed E-state index contributed by atoms with van der Waals surface area (Å²) in [7, 11) is 1.77. The van der Waals surface area contributed by atoms with E-state index in [1.54, 1.807) is 24.1 Å². The fourth-order valence-electron chi connectivity index (χ4n) is 3.72. The summed E-state index contributed by atoms with van der Waals surface area (Å²) >= 11 is 0. The van der Waals surface area contributed by atoms with Crippen LogP contribution in [0.4, 0.5) is 5.69 Å². The van der Waals surface area contributed by atoms with E-state index in [1.807, 2.05) is 61.5 Å². The molecule has 0 heterocycles. The van der Waals surface area contributed by atoms with Gasteiger partial charge in [-0.2, -0.15) is 0 Å². The van der Waals surface area contributed by atoms with Crippen molar-refractivity contribution in [1.82, 2.24) is 4.90 Å². The van der Waals surface area contributed by atoms with Gasteiger partial charge in [0.25, 0.3) is 5.91 Å². The third-order valence-corrected chi connectivity index (χ3v) is 5.54. The van der Waals surface area contributed by atoms with Crippen molar-refractivity contribution in [2.45, 2.75) is 39.7 Å². The molecule has 0 aliphatic carbocycles. The van der Waals surface area contributed by atoms with E-state index in [-0.39, 0.29) is 17.7 Å². The van der Waals surface area contributed by atoms with Crippen LogP contribution in [-0.4, -0.2) is 23.8 Å². The highest BCUT2D eigenvalue weighted by molar-refractivity contribution is 6.04. The van der Waals surface area contributed by atoms with E-state index in [1.165, 1.54) is 5.56 Å². The number of carbonyl (C=O) groups excluding carboxylic acids is 2. The summed E-state index contributed by atoms with van der Waals surface area (Å²) in [4.78, 5) is 27.7. The SMILES string of the molecule is CC(C)Cc1ccc(C(C)C(=O)Nc2ccccc2C(=O)N(C)Cc2ccccc2)cc1. The molecule has 0 fully saturated rings. The van der Waals surface area contributed by atoms with Gasteiger partial charge in [-0.3, -0.25) is 9.59 Å². The molecule has 3 aromatic carbocycles. The average Bonchev–Trinajstić information content (AvgIpc) is 2.79. The van der Waals surface area contributed by atoms with Crippen molar-refractivity contribution in [3.05, 3.63) is 101 Å². The molecule has 3 aromatic rings. The van der Waals surface area contributed by atoms with E-state index >= 15 is 0 Å². The number of nitrogens with one attached hydrogen (secondary N) is 1. The summed E-state index contributed by atoms with van der Waals surface area (Å²) in [5, 5.41) is 2.97. The lowest BCUT2D eigenvalue weighted by Crippen LogP contribution is -2.28. The Morgan fingerprint density at radius 1 is 0.812 bits per heavy atom. The second kappa shape index (κ2) is 10.8. The van der Waals surface area contributed by atoms with Crippen LogP contribution >= 0.6 is 0 Å². The Balaban J connectivity index is 1.71. The lowest BCUT2D eigenvalue weighted by atomic mass is 9.96. The molecule has 0 saturated heterocycles. The van der Waals surface area contributed by atoms with Gasteiger partial charge in [0, 0.05) is 13.6 Å². The highest BCUT2D eigenvalue weighted by atomic mass is 16.2. The Labute approximate surface area is 191 Å². The fraction of sp³-hybridized carbons (Fsp3) is 0.286. The maximum atomic E-state index is 13.1. The van der Waals surface area contributed by atoms with E-state index in [0.717, 1.165) is 17.5 Å². The number of para-hydroxylation sites is 1. The van der Waals surface area contributed by atoms with Crippen LogP contribution in [0.5, 0.6) is 0 Å². The van der Waals surface area contributed by atoms with E-state index in [0.29, 0.717) is 23.7 Å². The molecule has 0 aliphatic rings. The summed E-state index contributed by atoms with van der Waals surface area (Å²) in [5.41, 5.74) is 4.30. The van der Waals surface area contributed by atoms with Crippen LogP contribution in [-0.2, 0) is 17.8 Å². The number of amides is 2. The highest BCUT2D eigenvalue weighted by Crippen LogP contribution is 2.23. The predicted octanol–water partition coefficient (Wildman–Crippen LogP) is 5.90. The van der Waals surface area contributed by atoms with E-state index < -0.39 is 0 Å². The van der Waals surface area contributed by atoms with Gasteiger partial charge in [-0.25, -0.2) is 0 Å². The second-order valence-corrected chi connectivity index (χ2v) is 8.74. The van der Waals surface area contributed by atoms with E-state index in [2.05, 4.69) is 31.3 Å². The molecule has 0 aliphatic heterocycles. The normalized spacial score (nSPS) is 11.8. The third kappa shape index (κ3) is 6.07. The van der Waals surface area contributed by atoms with Gasteiger partial charge in [0.1, 0.15) is 0 Å². The molecular formula is C28H32N2O2. The van der Waals surface area contributed by atoms with Crippen molar-refractivity contribution in [2.75, 3.05) is 12.4 Å². The molecule has 0 spiro atoms. The van der Waals surface area contributed by atoms with E-state index in [9.17, 15) is 9.59 Å². The van der Waals surface area contributed by atoms with Crippen LogP contribution in [0.25, 0.3) is 0 Å². The van der Waals surface area contributed by atoms with E-state index in [4.69, 9.17) is 0 Å². The molecule has 1 atom stereocenters. The number of anilines is 1. The molecule has 2 amide bonds. The van der Waals surface area contributed by atoms with Gasteiger partial charge < -0.3 is 10.2 Å². The van der Waals surface area contributed by atoms with Gasteiger partial charge in [-0.15, -0.1) is 0 Å². The number of nitrogens with zero attached hydrogens (tertiary/aromatic N) is 1. The predicted molar refractivity (Wildman–Crippen MR) is 131 cm³/mol. The number of rotatable bonds is 8. The summed E-state index contributed by atoms with van der Waals surface area (Å²) in [6.45, 7) is 6.78. The molecule has 0 aromatic heterocycles. The summed E-state index contributed by atoms with van der Waals surface area (Å²) in [5.74, 6) is 0.00644. The van der Waals surface area contributed by atoms with Crippen LogP contribution in [0.1, 0.15) is 53.7 Å². The molecule has 0 radical (unpaired) electrons. The van der Waals surface area contributed by atoms with Crippen LogP contribution < -0.4 is 5.32 Å². The van der Waals surface area contributed by atoms with Gasteiger partial charge in [0.2, 0.25) is 5.91 Å². The first-order chi connectivity index (χ1) is 15.3. The number of hydrogen-bond acceptors (Lipinski definition) is 2. The number of benzene rings is 3. The minimum atomic E-state index is -0.326. The minimum absolute atomic E-state index is 0.129. The maximum Gasteiger partial charge on any atom is 0.256 e. The monoisotopic (exact) mass is 428 g/mol. The van der Waals surface area contributed by atoms with Crippen LogP contribution in [0, 0.1) is 5.92 Å². The molecule has 1 N–H and O–H groups in total. The van der Waals surface area contributed by atoms with Crippen LogP contribution in [0.3, 0.4) is 0 Å². The molecule has 0 bridgehead atoms. The van der Waals surface area contributed by atoms with Gasteiger partial charge in [-0.1, -0.05) is 80.6 Å². The van der Waals surface area contributed by atoms with Gasteiger partial charge in [0.05, 0.1) is 17.2 Å². The number of carbonyl (C=O) groups is 2. The van der Waals surface area contributed by atoms with Crippen molar-refractivity contribution in [1.29, 1.82) is 0 Å². The van der Waals surface area contributed by atoms with Crippen molar-refractivity contribution in [3.63, 3.8) is 0 Å². The Morgan fingerprint density at radius 3 is 2.09 bits per heavy atom. The van der Waals surface area contributed by atoms with Gasteiger partial charge in [-0.05, 0) is 48.1 Å². The molecule has 32 heavy (non-hydrogen) atoms. The highest BCUT2D eigenvalue weighted by Gasteiger charge is 2.20. The Hall–Kier alpha value is -3.40. The summed E-state index contributed by atoms with van der Waals surface area (Å²) in [6.07, 6.45) is 1.02. The van der Waals surface area contributed by atoms with Crippen molar-refractivity contribution in [3.8, 4) is 0 Å². The first-order valence-electron chi connectivity index (χ1n) is 11.1. The Kier molecular flexibility index (Phi) is 7.82. The van der Waals surface area contributed by atoms with Crippen molar-refractivity contribution >= 4 is 17.5 Å². The molecule has 4 heteroatoms. The van der Waals surface area contributed by atoms with Gasteiger partial charge >= 0.3 is 0 Å². The van der Waals surface area contributed by atoms with Crippen molar-refractivity contribution < 1.29 is 9.59 Å². The Morgan fingerprint density at radius 2 is 1.44 bits per heavy atom. The van der Waals surface area contributed by atoms with Crippen molar-refractivity contribution in [2.24, 2.45) is 5.92 Å². The molecule has 0 saturated carbocycles. The quantitative estimate of drug-likeness (QED) is 0.486. The summed E-state index contributed by atoms with van der Waals surface area (Å²) in [6, 6.07) is 25.3. The first kappa shape index (κ1) is 23.3. The smallest absolute Gasteiger partial charge is 0.256 e. The largest absolute Gasteiger partial charge is 0.337 e. The average molecular weight is 429 g/mol. The molecule has 3 rings (SSSR count). The third-order valence-electron chi connectivity index (χ3n) is 5.54. The zero-order chi connectivity index (χ0) is 23.1. The number of hydrogen-bond donors (Lipinski definition) is 1. The second-order valence-electron chi connectivity index (χ2n) is 8.74. The maximum absolute atomic E-state index is 13.1. The van der Waals surface area contributed by atoms with Crippen LogP contribution in [0.15, 0.2) is 78.9 Å². The molecule has 4 nitrogen and oxygen atoms in total. The molecular weight excluding hydrogens is 396 g/mol. The summed E-state index contributed by atoms with van der Waals surface area (Å²) < 4.78 is 0. The Bertz CT molecular complexity index is 1040.